The van der Waals surface area contributed by atoms with E-state index in [1.807, 2.05) is 13.1 Å². The number of hydrogen-bond donors (Lipinski definition) is 1. The molecule has 0 aliphatic heterocycles. The van der Waals surface area contributed by atoms with Crippen LogP contribution in [0.15, 0.2) is 23.0 Å². The number of aliphatic hydroxyl groups excluding tert-OH is 1. The Kier molecular flexibility index (Phi) is 4.88. The van der Waals surface area contributed by atoms with E-state index in [1.54, 1.807) is 22.7 Å². The summed E-state index contributed by atoms with van der Waals surface area (Å²) in [6, 6.07) is 2.10. The van der Waals surface area contributed by atoms with Crippen LogP contribution < -0.4 is 0 Å². The first kappa shape index (κ1) is 13.7. The number of rotatable bonds is 6. The van der Waals surface area contributed by atoms with Gasteiger partial charge in [-0.25, -0.2) is 4.98 Å². The second-order valence-electron chi connectivity index (χ2n) is 4.52. The first-order valence-corrected chi connectivity index (χ1v) is 7.75. The highest BCUT2D eigenvalue weighted by atomic mass is 32.1. The van der Waals surface area contributed by atoms with Crippen molar-refractivity contribution in [3.63, 3.8) is 0 Å². The Morgan fingerprint density at radius 2 is 2.33 bits per heavy atom. The van der Waals surface area contributed by atoms with Crippen molar-refractivity contribution in [2.24, 2.45) is 0 Å². The van der Waals surface area contributed by atoms with Gasteiger partial charge in [0.2, 0.25) is 0 Å². The van der Waals surface area contributed by atoms with Crippen LogP contribution in [-0.2, 0) is 6.54 Å². The molecule has 18 heavy (non-hydrogen) atoms. The maximum atomic E-state index is 9.26. The minimum atomic E-state index is -0.227. The van der Waals surface area contributed by atoms with Gasteiger partial charge in [-0.1, -0.05) is 0 Å². The zero-order valence-electron chi connectivity index (χ0n) is 10.7. The van der Waals surface area contributed by atoms with Crippen LogP contribution in [0, 0.1) is 0 Å². The third-order valence-corrected chi connectivity index (χ3v) is 4.39. The second kappa shape index (κ2) is 6.43. The molecular weight excluding hydrogens is 264 g/mol. The number of aromatic nitrogens is 1. The SMILES string of the molecule is CC(O)CCN(C)Cc1cnc(-c2ccsc2)s1. The summed E-state index contributed by atoms with van der Waals surface area (Å²) in [6.07, 6.45) is 2.54. The van der Waals surface area contributed by atoms with Crippen LogP contribution in [0.1, 0.15) is 18.2 Å². The Bertz CT molecular complexity index is 465. The standard InChI is InChI=1S/C13H18N2OS2/c1-10(16)3-5-15(2)8-12-7-14-13(18-12)11-4-6-17-9-11/h4,6-7,9-10,16H,3,5,8H2,1-2H3. The van der Waals surface area contributed by atoms with E-state index in [9.17, 15) is 5.11 Å². The maximum absolute atomic E-state index is 9.26. The molecule has 0 bridgehead atoms. The average molecular weight is 282 g/mol. The summed E-state index contributed by atoms with van der Waals surface area (Å²) in [5.74, 6) is 0. The number of thiazole rings is 1. The van der Waals surface area contributed by atoms with Crippen molar-refractivity contribution in [1.82, 2.24) is 9.88 Å². The van der Waals surface area contributed by atoms with Gasteiger partial charge >= 0.3 is 0 Å². The second-order valence-corrected chi connectivity index (χ2v) is 6.41. The smallest absolute Gasteiger partial charge is 0.124 e. The zero-order chi connectivity index (χ0) is 13.0. The van der Waals surface area contributed by atoms with Crippen LogP contribution in [0.2, 0.25) is 0 Å². The highest BCUT2D eigenvalue weighted by molar-refractivity contribution is 7.15. The molecule has 2 aromatic heterocycles. The lowest BCUT2D eigenvalue weighted by atomic mass is 10.3. The molecule has 0 aromatic carbocycles. The fraction of sp³-hybridized carbons (Fsp3) is 0.462. The number of hydrogen-bond acceptors (Lipinski definition) is 5. The Hall–Kier alpha value is -0.750. The summed E-state index contributed by atoms with van der Waals surface area (Å²) in [4.78, 5) is 7.94. The largest absolute Gasteiger partial charge is 0.393 e. The molecule has 1 atom stereocenters. The minimum Gasteiger partial charge on any atom is -0.393 e. The summed E-state index contributed by atoms with van der Waals surface area (Å²) in [5.41, 5.74) is 1.21. The van der Waals surface area contributed by atoms with E-state index >= 15 is 0 Å². The minimum absolute atomic E-state index is 0.227. The molecular formula is C13H18N2OS2. The van der Waals surface area contributed by atoms with Gasteiger partial charge in [-0.05, 0) is 31.8 Å². The molecule has 0 radical (unpaired) electrons. The molecule has 0 spiro atoms. The van der Waals surface area contributed by atoms with Crippen LogP contribution in [0.25, 0.3) is 10.6 Å². The molecule has 2 aromatic rings. The van der Waals surface area contributed by atoms with Gasteiger partial charge in [-0.3, -0.25) is 0 Å². The van der Waals surface area contributed by atoms with E-state index in [2.05, 4.69) is 33.8 Å². The van der Waals surface area contributed by atoms with Crippen LogP contribution in [0.4, 0.5) is 0 Å². The highest BCUT2D eigenvalue weighted by Crippen LogP contribution is 2.27. The average Bonchev–Trinajstić information content (AvgIpc) is 2.95. The third-order valence-electron chi connectivity index (χ3n) is 2.68. The fourth-order valence-electron chi connectivity index (χ4n) is 1.65. The van der Waals surface area contributed by atoms with Gasteiger partial charge in [0.1, 0.15) is 5.01 Å². The summed E-state index contributed by atoms with van der Waals surface area (Å²) in [7, 11) is 2.08. The Labute approximate surface area is 116 Å². The summed E-state index contributed by atoms with van der Waals surface area (Å²) >= 11 is 3.44. The lowest BCUT2D eigenvalue weighted by molar-refractivity contribution is 0.163. The molecule has 1 unspecified atom stereocenters. The van der Waals surface area contributed by atoms with Crippen LogP contribution in [0.3, 0.4) is 0 Å². The fourth-order valence-corrected chi connectivity index (χ4v) is 3.36. The van der Waals surface area contributed by atoms with E-state index in [1.165, 1.54) is 10.4 Å². The molecule has 0 saturated heterocycles. The zero-order valence-corrected chi connectivity index (χ0v) is 12.3. The molecule has 0 aliphatic carbocycles. The van der Waals surface area contributed by atoms with Crippen LogP contribution in [0.5, 0.6) is 0 Å². The summed E-state index contributed by atoms with van der Waals surface area (Å²) in [6.45, 7) is 3.63. The van der Waals surface area contributed by atoms with E-state index in [0.29, 0.717) is 0 Å². The number of aliphatic hydroxyl groups is 1. The molecule has 0 amide bonds. The Morgan fingerprint density at radius 3 is 3.00 bits per heavy atom. The number of thiophene rings is 1. The molecule has 2 heterocycles. The van der Waals surface area contributed by atoms with Crippen LogP contribution in [-0.4, -0.2) is 34.7 Å². The predicted molar refractivity (Wildman–Crippen MR) is 78.1 cm³/mol. The third kappa shape index (κ3) is 3.88. The summed E-state index contributed by atoms with van der Waals surface area (Å²) < 4.78 is 0. The van der Waals surface area contributed by atoms with Crippen molar-refractivity contribution < 1.29 is 5.11 Å². The Morgan fingerprint density at radius 1 is 1.50 bits per heavy atom. The normalized spacial score (nSPS) is 13.1. The molecule has 5 heteroatoms. The molecule has 3 nitrogen and oxygen atoms in total. The van der Waals surface area contributed by atoms with Gasteiger partial charge in [-0.2, -0.15) is 11.3 Å². The molecule has 1 N–H and O–H groups in total. The van der Waals surface area contributed by atoms with E-state index < -0.39 is 0 Å². The maximum Gasteiger partial charge on any atom is 0.124 e. The quantitative estimate of drug-likeness (QED) is 0.884. The van der Waals surface area contributed by atoms with Gasteiger partial charge in [-0.15, -0.1) is 11.3 Å². The van der Waals surface area contributed by atoms with Crippen molar-refractivity contribution in [1.29, 1.82) is 0 Å². The van der Waals surface area contributed by atoms with Gasteiger partial charge in [0.05, 0.1) is 6.10 Å². The molecule has 0 saturated carbocycles. The van der Waals surface area contributed by atoms with E-state index in [4.69, 9.17) is 0 Å². The van der Waals surface area contributed by atoms with E-state index in [-0.39, 0.29) is 6.10 Å². The monoisotopic (exact) mass is 282 g/mol. The molecule has 98 valence electrons. The molecule has 0 aliphatic rings. The van der Waals surface area contributed by atoms with Gasteiger partial charge in [0.15, 0.2) is 0 Å². The molecule has 2 rings (SSSR count). The first-order valence-electron chi connectivity index (χ1n) is 5.99. The van der Waals surface area contributed by atoms with E-state index in [0.717, 1.165) is 24.5 Å². The Balaban J connectivity index is 1.90. The van der Waals surface area contributed by atoms with Crippen molar-refractivity contribution >= 4 is 22.7 Å². The summed E-state index contributed by atoms with van der Waals surface area (Å²) in [5, 5.41) is 14.6. The van der Waals surface area contributed by atoms with Crippen molar-refractivity contribution in [3.8, 4) is 10.6 Å². The number of nitrogens with zero attached hydrogens (tertiary/aromatic N) is 2. The lowest BCUT2D eigenvalue weighted by Gasteiger charge is -2.15. The topological polar surface area (TPSA) is 36.4 Å². The first-order chi connectivity index (χ1) is 8.65. The molecule has 0 fully saturated rings. The lowest BCUT2D eigenvalue weighted by Crippen LogP contribution is -2.21. The van der Waals surface area contributed by atoms with Gasteiger partial charge in [0, 0.05) is 35.1 Å². The van der Waals surface area contributed by atoms with Gasteiger partial charge < -0.3 is 10.0 Å². The van der Waals surface area contributed by atoms with Crippen molar-refractivity contribution in [2.75, 3.05) is 13.6 Å². The van der Waals surface area contributed by atoms with Crippen LogP contribution >= 0.6 is 22.7 Å². The predicted octanol–water partition coefficient (Wildman–Crippen LogP) is 3.07. The highest BCUT2D eigenvalue weighted by Gasteiger charge is 2.08. The van der Waals surface area contributed by atoms with Crippen molar-refractivity contribution in [2.45, 2.75) is 26.0 Å². The van der Waals surface area contributed by atoms with Crippen molar-refractivity contribution in [3.05, 3.63) is 27.9 Å². The van der Waals surface area contributed by atoms with Gasteiger partial charge in [0.25, 0.3) is 0 Å².